The summed E-state index contributed by atoms with van der Waals surface area (Å²) >= 11 is 0. The van der Waals surface area contributed by atoms with Gasteiger partial charge < -0.3 is 9.62 Å². The summed E-state index contributed by atoms with van der Waals surface area (Å²) in [6, 6.07) is 21.2. The van der Waals surface area contributed by atoms with Gasteiger partial charge >= 0.3 is 0 Å². The Labute approximate surface area is 122 Å². The van der Waals surface area contributed by atoms with Gasteiger partial charge in [0.1, 0.15) is 16.9 Å². The number of aryl methyl sites for hydroxylation is 1. The minimum atomic E-state index is 0.468. The van der Waals surface area contributed by atoms with E-state index in [1.54, 1.807) is 12.1 Å². The first-order valence-corrected chi connectivity index (χ1v) is 6.72. The molecular formula is C18H15NO2. The van der Waals surface area contributed by atoms with Crippen molar-refractivity contribution >= 4 is 0 Å². The highest BCUT2D eigenvalue weighted by Crippen LogP contribution is 2.24. The first kappa shape index (κ1) is 13.2. The van der Waals surface area contributed by atoms with Gasteiger partial charge in [0.2, 0.25) is 0 Å². The van der Waals surface area contributed by atoms with E-state index in [0.717, 1.165) is 11.1 Å². The highest BCUT2D eigenvalue weighted by atomic mass is 16.4. The fourth-order valence-corrected chi connectivity index (χ4v) is 2.15. The molecule has 1 N–H and O–H groups in total. The summed E-state index contributed by atoms with van der Waals surface area (Å²) in [5, 5.41) is 12.9. The van der Waals surface area contributed by atoms with Crippen molar-refractivity contribution in [3.8, 4) is 22.6 Å². The molecule has 0 saturated carbocycles. The second-order valence-corrected chi connectivity index (χ2v) is 4.88. The van der Waals surface area contributed by atoms with Gasteiger partial charge in [0.25, 0.3) is 0 Å². The van der Waals surface area contributed by atoms with Gasteiger partial charge in [-0.3, -0.25) is 0 Å². The normalized spacial score (nSPS) is 11.6. The van der Waals surface area contributed by atoms with Crippen molar-refractivity contribution in [3.63, 3.8) is 0 Å². The summed E-state index contributed by atoms with van der Waals surface area (Å²) in [5.41, 5.74) is 3.07. The fraction of sp³-hybridized carbons (Fsp3) is 0.0556. The molecule has 0 aliphatic carbocycles. The Bertz CT molecular complexity index is 803. The van der Waals surface area contributed by atoms with Crippen LogP contribution in [-0.4, -0.2) is 5.21 Å². The molecule has 0 radical (unpaired) electrons. The summed E-state index contributed by atoms with van der Waals surface area (Å²) in [6.45, 7) is 2.04. The molecule has 0 fully saturated rings. The second-order valence-electron chi connectivity index (χ2n) is 4.88. The molecule has 0 aliphatic rings. The average Bonchev–Trinajstić information content (AvgIpc) is 2.56. The van der Waals surface area contributed by atoms with E-state index < -0.39 is 0 Å². The van der Waals surface area contributed by atoms with E-state index in [1.165, 1.54) is 5.56 Å². The molecule has 3 aromatic rings. The van der Waals surface area contributed by atoms with Crippen molar-refractivity contribution in [1.29, 1.82) is 0 Å². The number of rotatable bonds is 2. The van der Waals surface area contributed by atoms with E-state index in [-0.39, 0.29) is 0 Å². The van der Waals surface area contributed by atoms with Gasteiger partial charge in [0, 0.05) is 23.3 Å². The summed E-state index contributed by atoms with van der Waals surface area (Å²) in [4.78, 5) is 0. The van der Waals surface area contributed by atoms with Crippen molar-refractivity contribution < 1.29 is 9.62 Å². The van der Waals surface area contributed by atoms with E-state index in [2.05, 4.69) is 5.16 Å². The minimum absolute atomic E-state index is 0.468. The molecule has 1 aromatic heterocycles. The Morgan fingerprint density at radius 3 is 1.95 bits per heavy atom. The predicted molar refractivity (Wildman–Crippen MR) is 81.7 cm³/mol. The third kappa shape index (κ3) is 2.87. The van der Waals surface area contributed by atoms with E-state index in [1.807, 2.05) is 61.5 Å². The first-order valence-electron chi connectivity index (χ1n) is 6.72. The van der Waals surface area contributed by atoms with Crippen LogP contribution in [0.1, 0.15) is 5.56 Å². The van der Waals surface area contributed by atoms with Gasteiger partial charge in [-0.15, -0.1) is 0 Å². The van der Waals surface area contributed by atoms with E-state index in [4.69, 9.17) is 9.62 Å². The lowest BCUT2D eigenvalue weighted by Gasteiger charge is -2.06. The van der Waals surface area contributed by atoms with E-state index >= 15 is 0 Å². The predicted octanol–water partition coefficient (Wildman–Crippen LogP) is 4.21. The lowest BCUT2D eigenvalue weighted by Crippen LogP contribution is -2.01. The van der Waals surface area contributed by atoms with Crippen molar-refractivity contribution in [2.45, 2.75) is 6.92 Å². The average molecular weight is 277 g/mol. The minimum Gasteiger partial charge on any atom is -0.456 e. The Balaban J connectivity index is 2.16. The highest BCUT2D eigenvalue weighted by Gasteiger charge is 2.06. The molecule has 3 nitrogen and oxygen atoms in total. The topological polar surface area (TPSA) is 45.7 Å². The quantitative estimate of drug-likeness (QED) is 0.563. The van der Waals surface area contributed by atoms with Gasteiger partial charge in [-0.1, -0.05) is 65.3 Å². The molecule has 0 aliphatic heterocycles. The fourth-order valence-electron chi connectivity index (χ4n) is 2.15. The zero-order valence-corrected chi connectivity index (χ0v) is 11.7. The van der Waals surface area contributed by atoms with Crippen LogP contribution in [-0.2, 0) is 0 Å². The molecular weight excluding hydrogens is 262 g/mol. The van der Waals surface area contributed by atoms with Crippen LogP contribution in [0.15, 0.2) is 76.3 Å². The highest BCUT2D eigenvalue weighted by molar-refractivity contribution is 5.62. The SMILES string of the molecule is Cc1ccc(-c2c/c(=N/O)cc(-c3ccccc3)o2)cc1. The molecule has 0 bridgehead atoms. The Hall–Kier alpha value is -2.81. The molecule has 21 heavy (non-hydrogen) atoms. The van der Waals surface area contributed by atoms with Gasteiger partial charge in [-0.2, -0.15) is 0 Å². The largest absolute Gasteiger partial charge is 0.456 e. The van der Waals surface area contributed by atoms with Crippen LogP contribution >= 0.6 is 0 Å². The molecule has 1 heterocycles. The lowest BCUT2D eigenvalue weighted by atomic mass is 10.1. The zero-order valence-electron chi connectivity index (χ0n) is 11.7. The second kappa shape index (κ2) is 5.67. The smallest absolute Gasteiger partial charge is 0.136 e. The molecule has 0 saturated heterocycles. The Morgan fingerprint density at radius 1 is 0.810 bits per heavy atom. The van der Waals surface area contributed by atoms with E-state index in [9.17, 15) is 0 Å². The lowest BCUT2D eigenvalue weighted by molar-refractivity contribution is 0.301. The summed E-state index contributed by atoms with van der Waals surface area (Å²) < 4.78 is 5.96. The van der Waals surface area contributed by atoms with Crippen molar-refractivity contribution in [2.24, 2.45) is 5.16 Å². The number of benzene rings is 2. The molecule has 0 amide bonds. The monoisotopic (exact) mass is 277 g/mol. The Morgan fingerprint density at radius 2 is 1.38 bits per heavy atom. The van der Waals surface area contributed by atoms with Crippen LogP contribution in [0.5, 0.6) is 0 Å². The maximum absolute atomic E-state index is 9.11. The molecule has 104 valence electrons. The van der Waals surface area contributed by atoms with Crippen molar-refractivity contribution in [2.75, 3.05) is 0 Å². The van der Waals surface area contributed by atoms with Crippen LogP contribution < -0.4 is 5.36 Å². The van der Waals surface area contributed by atoms with Crippen LogP contribution in [0.2, 0.25) is 0 Å². The summed E-state index contributed by atoms with van der Waals surface area (Å²) in [7, 11) is 0. The maximum Gasteiger partial charge on any atom is 0.136 e. The van der Waals surface area contributed by atoms with Crippen LogP contribution in [0, 0.1) is 6.92 Å². The maximum atomic E-state index is 9.11. The standard InChI is InChI=1S/C18H15NO2/c1-13-7-9-15(10-8-13)18-12-16(19-20)11-17(21-18)14-5-3-2-4-6-14/h2-12,20H,1H3/b19-16+. The van der Waals surface area contributed by atoms with Gasteiger partial charge in [-0.25, -0.2) is 0 Å². The molecule has 2 aromatic carbocycles. The third-order valence-corrected chi connectivity index (χ3v) is 3.29. The number of hydrogen-bond donors (Lipinski definition) is 1. The van der Waals surface area contributed by atoms with Crippen LogP contribution in [0.25, 0.3) is 22.6 Å². The van der Waals surface area contributed by atoms with Crippen molar-refractivity contribution in [3.05, 3.63) is 77.7 Å². The van der Waals surface area contributed by atoms with E-state index in [0.29, 0.717) is 16.9 Å². The first-order chi connectivity index (χ1) is 10.3. The molecule has 3 rings (SSSR count). The summed E-state index contributed by atoms with van der Waals surface area (Å²) in [6.07, 6.45) is 0. The van der Waals surface area contributed by atoms with Crippen molar-refractivity contribution in [1.82, 2.24) is 0 Å². The Kier molecular flexibility index (Phi) is 3.56. The molecule has 0 atom stereocenters. The third-order valence-electron chi connectivity index (χ3n) is 3.29. The summed E-state index contributed by atoms with van der Waals surface area (Å²) in [5.74, 6) is 1.34. The van der Waals surface area contributed by atoms with Gasteiger partial charge in [0.05, 0.1) is 0 Å². The number of nitrogens with zero attached hydrogens (tertiary/aromatic N) is 1. The zero-order chi connectivity index (χ0) is 14.7. The van der Waals surface area contributed by atoms with Crippen LogP contribution in [0.4, 0.5) is 0 Å². The molecule has 3 heteroatoms. The molecule has 0 unspecified atom stereocenters. The number of hydrogen-bond acceptors (Lipinski definition) is 3. The molecule has 0 spiro atoms. The van der Waals surface area contributed by atoms with Crippen LogP contribution in [0.3, 0.4) is 0 Å². The van der Waals surface area contributed by atoms with Gasteiger partial charge in [-0.05, 0) is 6.92 Å². The van der Waals surface area contributed by atoms with Gasteiger partial charge in [0.15, 0.2) is 0 Å².